The van der Waals surface area contributed by atoms with E-state index in [0.717, 1.165) is 15.6 Å². The minimum absolute atomic E-state index is 0.0328. The first-order valence-electron chi connectivity index (χ1n) is 6.12. The van der Waals surface area contributed by atoms with E-state index in [0.29, 0.717) is 13.0 Å². The molecule has 0 aliphatic carbocycles. The quantitative estimate of drug-likeness (QED) is 0.840. The van der Waals surface area contributed by atoms with Crippen molar-refractivity contribution in [2.45, 2.75) is 39.4 Å². The molecule has 0 aliphatic rings. The molecular formula is C12H19F3N2OS. The van der Waals surface area contributed by atoms with Crippen LogP contribution in [0.5, 0.6) is 0 Å². The number of aryl methyl sites for hydroxylation is 2. The summed E-state index contributed by atoms with van der Waals surface area (Å²) in [6.07, 6.45) is -3.68. The highest BCUT2D eigenvalue weighted by molar-refractivity contribution is 7.11. The number of likely N-dealkylation sites (N-methyl/N-ethyl adjacent to an activating group) is 1. The molecule has 0 spiro atoms. The molecule has 0 radical (unpaired) electrons. The van der Waals surface area contributed by atoms with Gasteiger partial charge in [0.25, 0.3) is 0 Å². The molecule has 1 aromatic rings. The Morgan fingerprint density at radius 3 is 2.53 bits per heavy atom. The lowest BCUT2D eigenvalue weighted by Gasteiger charge is -2.17. The summed E-state index contributed by atoms with van der Waals surface area (Å²) in [4.78, 5) is 5.53. The Kier molecular flexibility index (Phi) is 6.22. The summed E-state index contributed by atoms with van der Waals surface area (Å²) < 4.78 is 40.8. The van der Waals surface area contributed by atoms with Crippen molar-refractivity contribution in [1.82, 2.24) is 10.3 Å². The zero-order chi connectivity index (χ0) is 14.5. The third kappa shape index (κ3) is 6.35. The van der Waals surface area contributed by atoms with Crippen molar-refractivity contribution < 1.29 is 17.9 Å². The van der Waals surface area contributed by atoms with Gasteiger partial charge in [-0.25, -0.2) is 4.98 Å². The van der Waals surface area contributed by atoms with Crippen LogP contribution in [-0.2, 0) is 11.2 Å². The Morgan fingerprint density at radius 1 is 1.37 bits per heavy atom. The van der Waals surface area contributed by atoms with Crippen LogP contribution in [0.25, 0.3) is 0 Å². The second-order valence-corrected chi connectivity index (χ2v) is 5.63. The first-order valence-corrected chi connectivity index (χ1v) is 6.94. The highest BCUT2D eigenvalue weighted by Gasteiger charge is 2.28. The molecule has 19 heavy (non-hydrogen) atoms. The van der Waals surface area contributed by atoms with Crippen LogP contribution in [0.1, 0.15) is 22.5 Å². The average molecular weight is 296 g/mol. The Labute approximate surface area is 115 Å². The number of hydrogen-bond acceptors (Lipinski definition) is 4. The van der Waals surface area contributed by atoms with Crippen molar-refractivity contribution in [3.8, 4) is 0 Å². The molecule has 0 fully saturated rings. The normalized spacial score (nSPS) is 13.8. The first-order chi connectivity index (χ1) is 8.81. The monoisotopic (exact) mass is 296 g/mol. The van der Waals surface area contributed by atoms with Gasteiger partial charge in [0, 0.05) is 17.3 Å². The third-order valence-electron chi connectivity index (χ3n) is 2.57. The number of nitrogens with one attached hydrogen (secondary N) is 1. The number of halogens is 3. The van der Waals surface area contributed by atoms with Crippen molar-refractivity contribution in [1.29, 1.82) is 0 Å². The summed E-state index contributed by atoms with van der Waals surface area (Å²) in [5, 5.41) is 4.05. The van der Waals surface area contributed by atoms with Crippen LogP contribution in [-0.4, -0.2) is 37.0 Å². The molecule has 0 aromatic carbocycles. The molecule has 0 saturated heterocycles. The summed E-state index contributed by atoms with van der Waals surface area (Å²) in [6.45, 7) is 5.34. The Hall–Kier alpha value is -0.660. The van der Waals surface area contributed by atoms with Crippen LogP contribution in [0.2, 0.25) is 0 Å². The van der Waals surface area contributed by atoms with Gasteiger partial charge in [-0.3, -0.25) is 0 Å². The largest absolute Gasteiger partial charge is 0.411 e. The van der Waals surface area contributed by atoms with Gasteiger partial charge in [0.05, 0.1) is 17.3 Å². The van der Waals surface area contributed by atoms with E-state index in [-0.39, 0.29) is 12.6 Å². The lowest BCUT2D eigenvalue weighted by molar-refractivity contribution is -0.175. The van der Waals surface area contributed by atoms with Gasteiger partial charge in [-0.15, -0.1) is 11.3 Å². The van der Waals surface area contributed by atoms with E-state index >= 15 is 0 Å². The zero-order valence-electron chi connectivity index (χ0n) is 11.3. The average Bonchev–Trinajstić information content (AvgIpc) is 2.56. The number of ether oxygens (including phenoxy) is 1. The van der Waals surface area contributed by atoms with Crippen molar-refractivity contribution in [3.05, 3.63) is 15.6 Å². The molecule has 110 valence electrons. The van der Waals surface area contributed by atoms with E-state index in [2.05, 4.69) is 10.3 Å². The molecule has 0 aliphatic heterocycles. The van der Waals surface area contributed by atoms with Crippen molar-refractivity contribution in [3.63, 3.8) is 0 Å². The maximum Gasteiger partial charge on any atom is 0.411 e. The molecule has 1 rings (SSSR count). The van der Waals surface area contributed by atoms with Crippen LogP contribution < -0.4 is 5.32 Å². The predicted octanol–water partition coefficient (Wildman–Crippen LogP) is 2.86. The smallest absolute Gasteiger partial charge is 0.370 e. The maximum atomic E-state index is 12.0. The minimum atomic E-state index is -4.27. The molecule has 1 unspecified atom stereocenters. The highest BCUT2D eigenvalue weighted by atomic mass is 32.1. The van der Waals surface area contributed by atoms with Gasteiger partial charge in [0.2, 0.25) is 0 Å². The zero-order valence-corrected chi connectivity index (χ0v) is 12.1. The predicted molar refractivity (Wildman–Crippen MR) is 69.6 cm³/mol. The number of hydrogen-bond donors (Lipinski definition) is 1. The molecule has 7 heteroatoms. The first kappa shape index (κ1) is 16.4. The molecule has 1 N–H and O–H groups in total. The molecule has 0 amide bonds. The molecule has 0 bridgehead atoms. The lowest BCUT2D eigenvalue weighted by atomic mass is 10.2. The summed E-state index contributed by atoms with van der Waals surface area (Å²) >= 11 is 1.58. The van der Waals surface area contributed by atoms with Gasteiger partial charge in [-0.05, 0) is 20.4 Å². The van der Waals surface area contributed by atoms with Gasteiger partial charge in [0.1, 0.15) is 6.61 Å². The van der Waals surface area contributed by atoms with E-state index in [1.165, 1.54) is 0 Å². The molecule has 0 saturated carbocycles. The summed E-state index contributed by atoms with van der Waals surface area (Å²) in [5.41, 5.74) is 0.978. The van der Waals surface area contributed by atoms with E-state index in [1.54, 1.807) is 11.3 Å². The van der Waals surface area contributed by atoms with Crippen molar-refractivity contribution in [2.75, 3.05) is 19.8 Å². The van der Waals surface area contributed by atoms with Gasteiger partial charge in [-0.2, -0.15) is 13.2 Å². The van der Waals surface area contributed by atoms with Gasteiger partial charge < -0.3 is 10.1 Å². The number of thiazole rings is 1. The second kappa shape index (κ2) is 7.21. The number of nitrogens with zero attached hydrogens (tertiary/aromatic N) is 1. The Bertz CT molecular complexity index is 373. The molecular weight excluding hydrogens is 277 g/mol. The molecule has 1 heterocycles. The van der Waals surface area contributed by atoms with Gasteiger partial charge >= 0.3 is 6.18 Å². The fourth-order valence-electron chi connectivity index (χ4n) is 1.63. The number of rotatable bonds is 7. The summed E-state index contributed by atoms with van der Waals surface area (Å²) in [5.74, 6) is 0. The van der Waals surface area contributed by atoms with Crippen LogP contribution in [0.3, 0.4) is 0 Å². The van der Waals surface area contributed by atoms with Gasteiger partial charge in [0.15, 0.2) is 0 Å². The minimum Gasteiger partial charge on any atom is -0.370 e. The lowest BCUT2D eigenvalue weighted by Crippen LogP contribution is -2.36. The summed E-state index contributed by atoms with van der Waals surface area (Å²) in [7, 11) is 0. The summed E-state index contributed by atoms with van der Waals surface area (Å²) in [6, 6.07) is -0.141. The number of aromatic nitrogens is 1. The topological polar surface area (TPSA) is 34.1 Å². The SMILES string of the molecule is CCNC(COCC(F)(F)F)Cc1nc(C)c(C)s1. The Balaban J connectivity index is 2.48. The van der Waals surface area contributed by atoms with Crippen LogP contribution in [0.4, 0.5) is 13.2 Å². The van der Waals surface area contributed by atoms with Crippen LogP contribution >= 0.6 is 11.3 Å². The Morgan fingerprint density at radius 2 is 2.05 bits per heavy atom. The van der Waals surface area contributed by atoms with E-state index < -0.39 is 12.8 Å². The maximum absolute atomic E-state index is 12.0. The third-order valence-corrected chi connectivity index (χ3v) is 3.67. The fourth-order valence-corrected chi connectivity index (χ4v) is 2.65. The second-order valence-electron chi connectivity index (χ2n) is 4.34. The van der Waals surface area contributed by atoms with Crippen LogP contribution in [0, 0.1) is 13.8 Å². The van der Waals surface area contributed by atoms with E-state index in [9.17, 15) is 13.2 Å². The van der Waals surface area contributed by atoms with Crippen molar-refractivity contribution >= 4 is 11.3 Å². The van der Waals surface area contributed by atoms with Crippen LogP contribution in [0.15, 0.2) is 0 Å². The highest BCUT2D eigenvalue weighted by Crippen LogP contribution is 2.18. The van der Waals surface area contributed by atoms with Crippen molar-refractivity contribution in [2.24, 2.45) is 0 Å². The molecule has 1 atom stereocenters. The van der Waals surface area contributed by atoms with E-state index in [4.69, 9.17) is 4.74 Å². The number of alkyl halides is 3. The molecule has 3 nitrogen and oxygen atoms in total. The van der Waals surface area contributed by atoms with Gasteiger partial charge in [-0.1, -0.05) is 6.92 Å². The standard InChI is InChI=1S/C12H19F3N2OS/c1-4-16-10(6-18-7-12(13,14)15)5-11-17-8(2)9(3)19-11/h10,16H,4-7H2,1-3H3. The van der Waals surface area contributed by atoms with E-state index in [1.807, 2.05) is 20.8 Å². The molecule has 1 aromatic heterocycles. The fraction of sp³-hybridized carbons (Fsp3) is 0.750.